The molecular formula is C15H22N2O. The van der Waals surface area contributed by atoms with Gasteiger partial charge in [-0.2, -0.15) is 0 Å². The van der Waals surface area contributed by atoms with Crippen LogP contribution in [0.25, 0.3) is 0 Å². The van der Waals surface area contributed by atoms with Crippen LogP contribution >= 0.6 is 0 Å². The molecule has 1 atom stereocenters. The zero-order valence-electron chi connectivity index (χ0n) is 11.3. The van der Waals surface area contributed by atoms with E-state index in [4.69, 9.17) is 4.74 Å². The van der Waals surface area contributed by atoms with Crippen LogP contribution in [0.1, 0.15) is 19.4 Å². The van der Waals surface area contributed by atoms with Crippen LogP contribution in [0.5, 0.6) is 0 Å². The summed E-state index contributed by atoms with van der Waals surface area (Å²) in [5, 5.41) is 3.63. The molecule has 0 radical (unpaired) electrons. The summed E-state index contributed by atoms with van der Waals surface area (Å²) in [5.74, 6) is 0. The molecule has 0 aromatic heterocycles. The van der Waals surface area contributed by atoms with Gasteiger partial charge in [0.25, 0.3) is 0 Å². The minimum Gasteiger partial charge on any atom is -0.380 e. The van der Waals surface area contributed by atoms with Gasteiger partial charge in [-0.05, 0) is 31.9 Å². The molecule has 2 heterocycles. The van der Waals surface area contributed by atoms with Crippen molar-refractivity contribution >= 4 is 5.69 Å². The number of nitrogens with one attached hydrogen (secondary N) is 1. The molecule has 1 unspecified atom stereocenters. The van der Waals surface area contributed by atoms with Gasteiger partial charge in [0.2, 0.25) is 0 Å². The van der Waals surface area contributed by atoms with Gasteiger partial charge in [-0.1, -0.05) is 18.2 Å². The highest BCUT2D eigenvalue weighted by Gasteiger charge is 2.30. The Kier molecular flexibility index (Phi) is 3.04. The van der Waals surface area contributed by atoms with Gasteiger partial charge in [-0.3, -0.25) is 4.90 Å². The summed E-state index contributed by atoms with van der Waals surface area (Å²) >= 11 is 0. The Morgan fingerprint density at radius 1 is 1.39 bits per heavy atom. The maximum Gasteiger partial charge on any atom is 0.0753 e. The summed E-state index contributed by atoms with van der Waals surface area (Å²) in [6.07, 6.45) is 1.15. The van der Waals surface area contributed by atoms with Crippen molar-refractivity contribution in [2.75, 3.05) is 31.6 Å². The fourth-order valence-electron chi connectivity index (χ4n) is 3.07. The van der Waals surface area contributed by atoms with Gasteiger partial charge in [0.1, 0.15) is 0 Å². The fraction of sp³-hybridized carbons (Fsp3) is 0.600. The predicted octanol–water partition coefficient (Wildman–Crippen LogP) is 2.13. The minimum atomic E-state index is 0.00368. The number of nitrogens with zero attached hydrogens (tertiary/aromatic N) is 1. The topological polar surface area (TPSA) is 24.5 Å². The molecule has 3 nitrogen and oxygen atoms in total. The molecule has 0 aliphatic carbocycles. The Hall–Kier alpha value is -1.06. The second-order valence-corrected chi connectivity index (χ2v) is 6.05. The smallest absolute Gasteiger partial charge is 0.0753 e. The van der Waals surface area contributed by atoms with Crippen LogP contribution in [0.3, 0.4) is 0 Å². The van der Waals surface area contributed by atoms with Gasteiger partial charge in [0, 0.05) is 31.4 Å². The largest absolute Gasteiger partial charge is 0.380 e. The summed E-state index contributed by atoms with van der Waals surface area (Å²) in [6, 6.07) is 9.19. The third kappa shape index (κ3) is 2.52. The molecule has 98 valence electrons. The highest BCUT2D eigenvalue weighted by atomic mass is 16.5. The minimum absolute atomic E-state index is 0.00368. The molecular weight excluding hydrogens is 224 g/mol. The number of anilines is 1. The Morgan fingerprint density at radius 3 is 3.00 bits per heavy atom. The molecule has 0 spiro atoms. The van der Waals surface area contributed by atoms with Crippen molar-refractivity contribution in [3.05, 3.63) is 29.8 Å². The number of benzene rings is 1. The number of para-hydroxylation sites is 1. The molecule has 1 aromatic rings. The molecule has 1 fully saturated rings. The van der Waals surface area contributed by atoms with Crippen LogP contribution in [-0.4, -0.2) is 42.8 Å². The molecule has 2 aliphatic heterocycles. The highest BCUT2D eigenvalue weighted by molar-refractivity contribution is 5.56. The van der Waals surface area contributed by atoms with Gasteiger partial charge >= 0.3 is 0 Å². The van der Waals surface area contributed by atoms with Crippen molar-refractivity contribution in [1.29, 1.82) is 0 Å². The second kappa shape index (κ2) is 4.56. The molecule has 1 saturated heterocycles. The van der Waals surface area contributed by atoms with Crippen LogP contribution < -0.4 is 5.32 Å². The van der Waals surface area contributed by atoms with E-state index in [0.717, 1.165) is 32.7 Å². The van der Waals surface area contributed by atoms with E-state index in [9.17, 15) is 0 Å². The van der Waals surface area contributed by atoms with Crippen LogP contribution in [0.2, 0.25) is 0 Å². The van der Waals surface area contributed by atoms with E-state index in [-0.39, 0.29) is 5.60 Å². The standard InChI is InChI=1S/C15H22N2O/c1-15(2)11-17(7-8-18-15)10-13-9-12-5-3-4-6-14(12)16-13/h3-6,13,16H,7-11H2,1-2H3. The summed E-state index contributed by atoms with van der Waals surface area (Å²) in [5.41, 5.74) is 2.77. The Morgan fingerprint density at radius 2 is 2.22 bits per heavy atom. The highest BCUT2D eigenvalue weighted by Crippen LogP contribution is 2.26. The zero-order valence-corrected chi connectivity index (χ0v) is 11.3. The molecule has 0 bridgehead atoms. The normalized spacial score (nSPS) is 26.7. The molecule has 0 saturated carbocycles. The van der Waals surface area contributed by atoms with E-state index < -0.39 is 0 Å². The van der Waals surface area contributed by atoms with Crippen LogP contribution in [0.4, 0.5) is 5.69 Å². The summed E-state index contributed by atoms with van der Waals surface area (Å²) in [4.78, 5) is 2.52. The molecule has 0 amide bonds. The van der Waals surface area contributed by atoms with Gasteiger partial charge in [0.15, 0.2) is 0 Å². The Bertz CT molecular complexity index is 405. The SMILES string of the molecule is CC1(C)CN(CC2Cc3ccccc3N2)CCO1. The van der Waals surface area contributed by atoms with E-state index in [1.807, 2.05) is 0 Å². The van der Waals surface area contributed by atoms with Gasteiger partial charge in [-0.15, -0.1) is 0 Å². The number of fused-ring (bicyclic) bond motifs is 1. The average molecular weight is 246 g/mol. The van der Waals surface area contributed by atoms with E-state index >= 15 is 0 Å². The predicted molar refractivity (Wildman–Crippen MR) is 74.0 cm³/mol. The first-order valence-electron chi connectivity index (χ1n) is 6.83. The lowest BCUT2D eigenvalue weighted by atomic mass is 10.1. The van der Waals surface area contributed by atoms with E-state index in [1.165, 1.54) is 11.3 Å². The van der Waals surface area contributed by atoms with E-state index in [2.05, 4.69) is 48.3 Å². The lowest BCUT2D eigenvalue weighted by molar-refractivity contribution is -0.0864. The number of rotatable bonds is 2. The van der Waals surface area contributed by atoms with Crippen molar-refractivity contribution in [3.63, 3.8) is 0 Å². The third-order valence-electron chi connectivity index (χ3n) is 3.83. The van der Waals surface area contributed by atoms with Gasteiger partial charge in [0.05, 0.1) is 12.2 Å². The van der Waals surface area contributed by atoms with Gasteiger partial charge in [-0.25, -0.2) is 0 Å². The summed E-state index contributed by atoms with van der Waals surface area (Å²) in [7, 11) is 0. The third-order valence-corrected chi connectivity index (χ3v) is 3.83. The number of hydrogen-bond donors (Lipinski definition) is 1. The number of ether oxygens (including phenoxy) is 1. The maximum atomic E-state index is 5.76. The molecule has 2 aliphatic rings. The lowest BCUT2D eigenvalue weighted by Crippen LogP contribution is -2.51. The van der Waals surface area contributed by atoms with Crippen molar-refractivity contribution < 1.29 is 4.74 Å². The molecule has 18 heavy (non-hydrogen) atoms. The van der Waals surface area contributed by atoms with E-state index in [1.54, 1.807) is 0 Å². The fourth-order valence-corrected chi connectivity index (χ4v) is 3.07. The van der Waals surface area contributed by atoms with Crippen LogP contribution in [0, 0.1) is 0 Å². The first kappa shape index (κ1) is 12.0. The monoisotopic (exact) mass is 246 g/mol. The molecule has 3 heteroatoms. The van der Waals surface area contributed by atoms with E-state index in [0.29, 0.717) is 6.04 Å². The molecule has 1 aromatic carbocycles. The quantitative estimate of drug-likeness (QED) is 0.865. The van der Waals surface area contributed by atoms with Gasteiger partial charge < -0.3 is 10.1 Å². The Labute approximate surface area is 109 Å². The van der Waals surface area contributed by atoms with Crippen molar-refractivity contribution in [3.8, 4) is 0 Å². The zero-order chi connectivity index (χ0) is 12.6. The first-order chi connectivity index (χ1) is 8.62. The first-order valence-corrected chi connectivity index (χ1v) is 6.83. The average Bonchev–Trinajstić information content (AvgIpc) is 2.69. The van der Waals surface area contributed by atoms with Crippen LogP contribution in [-0.2, 0) is 11.2 Å². The van der Waals surface area contributed by atoms with Crippen molar-refractivity contribution in [1.82, 2.24) is 4.90 Å². The summed E-state index contributed by atoms with van der Waals surface area (Å²) in [6.45, 7) is 8.40. The second-order valence-electron chi connectivity index (χ2n) is 6.05. The van der Waals surface area contributed by atoms with Crippen LogP contribution in [0.15, 0.2) is 24.3 Å². The lowest BCUT2D eigenvalue weighted by Gasteiger charge is -2.39. The maximum absolute atomic E-state index is 5.76. The van der Waals surface area contributed by atoms with Crippen molar-refractivity contribution in [2.45, 2.75) is 31.9 Å². The summed E-state index contributed by atoms with van der Waals surface area (Å²) < 4.78 is 5.76. The van der Waals surface area contributed by atoms with Crippen molar-refractivity contribution in [2.24, 2.45) is 0 Å². The Balaban J connectivity index is 1.59. The number of morpholine rings is 1. The number of hydrogen-bond acceptors (Lipinski definition) is 3. The molecule has 3 rings (SSSR count). The molecule has 1 N–H and O–H groups in total.